The molecule has 2 aromatic rings. The molecule has 33 heavy (non-hydrogen) atoms. The smallest absolute Gasteiger partial charge is 0.320 e. The van der Waals surface area contributed by atoms with Crippen molar-refractivity contribution >= 4 is 28.7 Å². The summed E-state index contributed by atoms with van der Waals surface area (Å²) in [5.74, 6) is 0.835. The predicted octanol–water partition coefficient (Wildman–Crippen LogP) is 2.98. The Morgan fingerprint density at radius 3 is 2.79 bits per heavy atom. The zero-order chi connectivity index (χ0) is 23.5. The first-order valence-corrected chi connectivity index (χ1v) is 12.0. The van der Waals surface area contributed by atoms with Crippen LogP contribution in [0.25, 0.3) is 11.0 Å². The lowest BCUT2D eigenvalue weighted by atomic mass is 10.0. The van der Waals surface area contributed by atoms with Crippen LogP contribution >= 0.6 is 0 Å². The summed E-state index contributed by atoms with van der Waals surface area (Å²) in [6.45, 7) is 5.92. The molecular formula is C25H34N4O4. The molecule has 4 rings (SSSR count). The molecule has 0 aliphatic carbocycles. The minimum absolute atomic E-state index is 0.0246. The molecule has 2 aliphatic heterocycles. The van der Waals surface area contributed by atoms with E-state index in [1.165, 1.54) is 0 Å². The molecule has 178 valence electrons. The van der Waals surface area contributed by atoms with Crippen molar-refractivity contribution in [2.75, 3.05) is 26.2 Å². The Bertz CT molecular complexity index is 1050. The Morgan fingerprint density at radius 1 is 1.24 bits per heavy atom. The molecule has 0 spiro atoms. The summed E-state index contributed by atoms with van der Waals surface area (Å²) < 4.78 is 11.2. The highest BCUT2D eigenvalue weighted by Crippen LogP contribution is 2.30. The van der Waals surface area contributed by atoms with Crippen LogP contribution in [0, 0.1) is 12.3 Å². The largest absolute Gasteiger partial charge is 0.465 e. The maximum atomic E-state index is 13.4. The third kappa shape index (κ3) is 4.90. The zero-order valence-corrected chi connectivity index (χ0v) is 19.6. The minimum Gasteiger partial charge on any atom is -0.465 e. The first kappa shape index (κ1) is 23.3. The van der Waals surface area contributed by atoms with E-state index in [0.717, 1.165) is 73.9 Å². The quantitative estimate of drug-likeness (QED) is 0.360. The van der Waals surface area contributed by atoms with Crippen LogP contribution in [0.4, 0.5) is 0 Å². The SMILES string of the molecule is CCOC(=O)CN1CCC[C@@H]1C(=O)N1CCC[C@H]1CCc1oc2cc(C(=N)N)ccc2c1C. The number of carbonyl (C=O) groups is 2. The number of nitrogens with zero attached hydrogens (tertiary/aromatic N) is 2. The average molecular weight is 455 g/mol. The average Bonchev–Trinajstić information content (AvgIpc) is 3.51. The highest BCUT2D eigenvalue weighted by molar-refractivity contribution is 5.98. The topological polar surface area (TPSA) is 113 Å². The van der Waals surface area contributed by atoms with E-state index in [-0.39, 0.29) is 36.3 Å². The molecule has 0 radical (unpaired) electrons. The second-order valence-electron chi connectivity index (χ2n) is 9.07. The maximum absolute atomic E-state index is 13.4. The van der Waals surface area contributed by atoms with Crippen LogP contribution in [0.2, 0.25) is 0 Å². The number of ether oxygens (including phenoxy) is 1. The van der Waals surface area contributed by atoms with Crippen molar-refractivity contribution in [2.45, 2.75) is 64.5 Å². The van der Waals surface area contributed by atoms with Crippen molar-refractivity contribution in [1.82, 2.24) is 9.80 Å². The number of esters is 1. The molecule has 1 amide bonds. The molecular weight excluding hydrogens is 420 g/mol. The lowest BCUT2D eigenvalue weighted by Crippen LogP contribution is -2.48. The minimum atomic E-state index is -0.261. The maximum Gasteiger partial charge on any atom is 0.320 e. The van der Waals surface area contributed by atoms with Gasteiger partial charge < -0.3 is 19.8 Å². The second-order valence-corrected chi connectivity index (χ2v) is 9.07. The van der Waals surface area contributed by atoms with Crippen molar-refractivity contribution in [3.63, 3.8) is 0 Å². The fourth-order valence-corrected chi connectivity index (χ4v) is 5.26. The van der Waals surface area contributed by atoms with Gasteiger partial charge in [0.15, 0.2) is 0 Å². The number of furan rings is 1. The van der Waals surface area contributed by atoms with Gasteiger partial charge in [-0.15, -0.1) is 0 Å². The normalized spacial score (nSPS) is 21.1. The molecule has 1 aromatic carbocycles. The van der Waals surface area contributed by atoms with Crippen LogP contribution in [0.5, 0.6) is 0 Å². The molecule has 3 N–H and O–H groups in total. The van der Waals surface area contributed by atoms with E-state index in [1.54, 1.807) is 6.92 Å². The Morgan fingerprint density at radius 2 is 2.03 bits per heavy atom. The van der Waals surface area contributed by atoms with E-state index in [9.17, 15) is 9.59 Å². The number of fused-ring (bicyclic) bond motifs is 1. The van der Waals surface area contributed by atoms with Gasteiger partial charge in [-0.25, -0.2) is 0 Å². The monoisotopic (exact) mass is 454 g/mol. The number of aryl methyl sites for hydroxylation is 2. The second kappa shape index (κ2) is 9.95. The van der Waals surface area contributed by atoms with Gasteiger partial charge in [-0.3, -0.25) is 19.9 Å². The number of likely N-dealkylation sites (tertiary alicyclic amines) is 2. The van der Waals surface area contributed by atoms with E-state index in [4.69, 9.17) is 20.3 Å². The summed E-state index contributed by atoms with van der Waals surface area (Å²) in [5.41, 5.74) is 8.11. The van der Waals surface area contributed by atoms with Gasteiger partial charge in [0.2, 0.25) is 5.91 Å². The van der Waals surface area contributed by atoms with Crippen molar-refractivity contribution in [1.29, 1.82) is 5.41 Å². The fraction of sp³-hybridized carbons (Fsp3) is 0.560. The van der Waals surface area contributed by atoms with Crippen molar-refractivity contribution in [2.24, 2.45) is 5.73 Å². The van der Waals surface area contributed by atoms with Crippen LogP contribution in [-0.2, 0) is 20.7 Å². The molecule has 2 atom stereocenters. The molecule has 8 nitrogen and oxygen atoms in total. The highest BCUT2D eigenvalue weighted by atomic mass is 16.5. The highest BCUT2D eigenvalue weighted by Gasteiger charge is 2.38. The summed E-state index contributed by atoms with van der Waals surface area (Å²) in [7, 11) is 0. The first-order chi connectivity index (χ1) is 15.9. The van der Waals surface area contributed by atoms with E-state index in [1.807, 2.05) is 28.0 Å². The first-order valence-electron chi connectivity index (χ1n) is 12.0. The van der Waals surface area contributed by atoms with Gasteiger partial charge >= 0.3 is 5.97 Å². The van der Waals surface area contributed by atoms with Gasteiger partial charge in [0, 0.05) is 30.0 Å². The molecule has 2 fully saturated rings. The van der Waals surface area contributed by atoms with Crippen molar-refractivity contribution in [3.8, 4) is 0 Å². The summed E-state index contributed by atoms with van der Waals surface area (Å²) in [5, 5.41) is 8.68. The lowest BCUT2D eigenvalue weighted by molar-refractivity contribution is -0.146. The number of nitrogens with one attached hydrogen (secondary N) is 1. The fourth-order valence-electron chi connectivity index (χ4n) is 5.26. The Labute approximate surface area is 194 Å². The number of nitrogens with two attached hydrogens (primary N) is 1. The third-order valence-electron chi connectivity index (χ3n) is 7.00. The van der Waals surface area contributed by atoms with Gasteiger partial charge in [0.05, 0.1) is 19.2 Å². The summed E-state index contributed by atoms with van der Waals surface area (Å²) in [4.78, 5) is 29.4. The number of hydrogen-bond acceptors (Lipinski definition) is 6. The van der Waals surface area contributed by atoms with Crippen LogP contribution < -0.4 is 5.73 Å². The molecule has 2 aliphatic rings. The number of amidine groups is 1. The standard InChI is InChI=1S/C25H34N4O4/c1-3-32-23(30)15-28-12-5-7-20(28)25(31)29-13-4-6-18(29)9-11-21-16(2)19-10-8-17(24(26)27)14-22(19)33-21/h8,10,14,18,20H,3-7,9,11-13,15H2,1-2H3,(H3,26,27)/t18-,20+/m0/s1. The number of benzene rings is 1. The predicted molar refractivity (Wildman–Crippen MR) is 126 cm³/mol. The van der Waals surface area contributed by atoms with E-state index in [0.29, 0.717) is 12.2 Å². The summed E-state index contributed by atoms with van der Waals surface area (Å²) in [6, 6.07) is 5.57. The lowest BCUT2D eigenvalue weighted by Gasteiger charge is -2.31. The van der Waals surface area contributed by atoms with E-state index >= 15 is 0 Å². The zero-order valence-electron chi connectivity index (χ0n) is 19.6. The Kier molecular flexibility index (Phi) is 7.02. The van der Waals surface area contributed by atoms with Crippen molar-refractivity contribution in [3.05, 3.63) is 35.1 Å². The summed E-state index contributed by atoms with van der Waals surface area (Å²) in [6.07, 6.45) is 5.31. The van der Waals surface area contributed by atoms with Crippen LogP contribution in [0.3, 0.4) is 0 Å². The third-order valence-corrected chi connectivity index (χ3v) is 7.00. The number of amides is 1. The van der Waals surface area contributed by atoms with Gasteiger partial charge in [-0.05, 0) is 64.1 Å². The molecule has 1 aromatic heterocycles. The molecule has 8 heteroatoms. The number of hydrogen-bond donors (Lipinski definition) is 2. The molecule has 0 unspecified atom stereocenters. The van der Waals surface area contributed by atoms with Gasteiger partial charge in [0.1, 0.15) is 17.2 Å². The molecule has 0 saturated carbocycles. The number of rotatable bonds is 8. The van der Waals surface area contributed by atoms with E-state index in [2.05, 4.69) is 6.92 Å². The Balaban J connectivity index is 1.41. The van der Waals surface area contributed by atoms with E-state index < -0.39 is 0 Å². The van der Waals surface area contributed by atoms with Gasteiger partial charge in [-0.2, -0.15) is 0 Å². The molecule has 0 bridgehead atoms. The van der Waals surface area contributed by atoms with Crippen LogP contribution in [0.1, 0.15) is 55.9 Å². The van der Waals surface area contributed by atoms with Crippen LogP contribution in [0.15, 0.2) is 22.6 Å². The Hall–Kier alpha value is -2.87. The number of carbonyl (C=O) groups excluding carboxylic acids is 2. The molecule has 3 heterocycles. The van der Waals surface area contributed by atoms with Gasteiger partial charge in [-0.1, -0.05) is 12.1 Å². The van der Waals surface area contributed by atoms with Crippen LogP contribution in [-0.4, -0.2) is 65.8 Å². The van der Waals surface area contributed by atoms with Gasteiger partial charge in [0.25, 0.3) is 0 Å². The number of nitrogen functional groups attached to an aromatic ring is 1. The van der Waals surface area contributed by atoms with Crippen molar-refractivity contribution < 1.29 is 18.7 Å². The molecule has 2 saturated heterocycles. The summed E-state index contributed by atoms with van der Waals surface area (Å²) >= 11 is 0.